The van der Waals surface area contributed by atoms with Gasteiger partial charge in [-0.3, -0.25) is 27.6 Å². The largest absolute Gasteiger partial charge is 0.481 e. The minimum atomic E-state index is -5.16. The second-order valence-corrected chi connectivity index (χ2v) is 28.7. The number of aliphatic carboxylic acids is 1. The highest BCUT2D eigenvalue weighted by atomic mass is 32.2. The molecule has 0 aliphatic carbocycles. The second kappa shape index (κ2) is 32.6. The summed E-state index contributed by atoms with van der Waals surface area (Å²) in [7, 11) is -21.9. The van der Waals surface area contributed by atoms with Crippen LogP contribution in [0.2, 0.25) is 0 Å². The third-order valence-corrected chi connectivity index (χ3v) is 19.5. The molecule has 0 radical (unpaired) electrons. The Balaban J connectivity index is 1.50. The van der Waals surface area contributed by atoms with Crippen LogP contribution in [0, 0.1) is 0 Å². The van der Waals surface area contributed by atoms with Crippen molar-refractivity contribution in [3.8, 4) is 0 Å². The fraction of sp³-hybridized carbons (Fsp3) is 0.517. The number of nitrogens with zero attached hydrogens (tertiary/aromatic N) is 2. The second-order valence-electron chi connectivity index (χ2n) is 21.5. The van der Waals surface area contributed by atoms with E-state index in [4.69, 9.17) is 37.9 Å². The first kappa shape index (κ1) is 73.8. The zero-order valence-electron chi connectivity index (χ0n) is 50.4. The number of benzene rings is 4. The number of carbonyl (C=O) groups is 1. The molecule has 0 spiro atoms. The Morgan fingerprint density at radius 3 is 1.46 bits per heavy atom. The van der Waals surface area contributed by atoms with Gasteiger partial charge in [-0.2, -0.15) is 46.7 Å². The fourth-order valence-corrected chi connectivity index (χ4v) is 14.3. The monoisotopic (exact) mass is 1360 g/mol. The van der Waals surface area contributed by atoms with E-state index in [0.717, 1.165) is 12.1 Å². The highest BCUT2D eigenvalue weighted by Gasteiger charge is 2.50. The van der Waals surface area contributed by atoms with Gasteiger partial charge in [-0.05, 0) is 98.3 Å². The molecular formula is C58H79N2O25S5+. The van der Waals surface area contributed by atoms with E-state index in [1.54, 1.807) is 62.2 Å². The number of unbranched alkanes of at least 4 members (excludes halogenated alkanes) is 2. The molecule has 0 aromatic heterocycles. The lowest BCUT2D eigenvalue weighted by Gasteiger charge is -2.31. The highest BCUT2D eigenvalue weighted by Crippen LogP contribution is 2.54. The molecule has 2 atom stereocenters. The lowest BCUT2D eigenvalue weighted by Crippen LogP contribution is -2.33. The van der Waals surface area contributed by atoms with Crippen molar-refractivity contribution < 1.29 is 117 Å². The number of hydrogen-bond acceptors (Lipinski definition) is 20. The number of ether oxygens (including phenoxy) is 8. The molecule has 0 saturated carbocycles. The average Bonchev–Trinajstić information content (AvgIpc) is 1.52. The Labute approximate surface area is 525 Å². The normalized spacial score (nSPS) is 18.0. The van der Waals surface area contributed by atoms with Crippen molar-refractivity contribution in [2.24, 2.45) is 0 Å². The van der Waals surface area contributed by atoms with E-state index in [0.29, 0.717) is 105 Å². The van der Waals surface area contributed by atoms with Gasteiger partial charge in [0.25, 0.3) is 50.6 Å². The van der Waals surface area contributed by atoms with Crippen molar-refractivity contribution in [3.05, 3.63) is 95.7 Å². The zero-order valence-corrected chi connectivity index (χ0v) is 54.4. The molecular weight excluding hydrogens is 1280 g/mol. The predicted octanol–water partition coefficient (Wildman–Crippen LogP) is 6.21. The predicted molar refractivity (Wildman–Crippen MR) is 330 cm³/mol. The van der Waals surface area contributed by atoms with E-state index in [1.165, 1.54) is 18.2 Å². The summed E-state index contributed by atoms with van der Waals surface area (Å²) < 4.78 is 225. The standard InChI is InChI=1S/C58H78N2O25S5/c1-57(19-23-80-29-31-84-35-33-82-27-25-78-3)52(59(21-10-6-9-14-54(61)62)48-17-15-44-46(55(48)57)38-42(87(66,67)68)40-50(44)89(72,73)74)12-7-5-8-13-53-58(2,20-24-81-30-32-85-36-34-83-28-26-79-4)56-47-39-43(88(69,70)71)41-51(90(75,76)77)45(47)16-18-49(56)60(53)22-11-37-86(63,64)65/h5,7-8,12-13,15-18,38-41H,6,9-11,14,19-37H2,1-4H3,(H5-,61,62,63,64,65,66,67,68,69,70,71,72,73,74,75,76,77)/p+1. The first-order valence-corrected chi connectivity index (χ1v) is 36.0. The summed E-state index contributed by atoms with van der Waals surface area (Å²) in [6.07, 6.45) is 9.60. The number of anilines is 1. The van der Waals surface area contributed by atoms with Gasteiger partial charge in [-0.25, -0.2) is 0 Å². The summed E-state index contributed by atoms with van der Waals surface area (Å²) in [4.78, 5) is 10.2. The van der Waals surface area contributed by atoms with Gasteiger partial charge in [0.2, 0.25) is 5.69 Å². The van der Waals surface area contributed by atoms with Crippen LogP contribution in [-0.4, -0.2) is 212 Å². The van der Waals surface area contributed by atoms with Crippen LogP contribution in [0.3, 0.4) is 0 Å². The minimum absolute atomic E-state index is 0.000255. The van der Waals surface area contributed by atoms with E-state index in [9.17, 15) is 74.8 Å². The molecule has 0 amide bonds. The maximum Gasteiger partial charge on any atom is 0.303 e. The minimum Gasteiger partial charge on any atom is -0.481 e. The van der Waals surface area contributed by atoms with Gasteiger partial charge in [0.1, 0.15) is 16.3 Å². The molecule has 4 aromatic rings. The molecule has 32 heteroatoms. The number of hydrogen-bond donors (Lipinski definition) is 6. The van der Waals surface area contributed by atoms with E-state index in [2.05, 4.69) is 0 Å². The lowest BCUT2D eigenvalue weighted by atomic mass is 9.75. The number of carboxylic acid groups (broad SMARTS) is 1. The molecule has 4 aromatic carbocycles. The molecule has 6 N–H and O–H groups in total. The quantitative estimate of drug-likeness (QED) is 0.0124. The van der Waals surface area contributed by atoms with Gasteiger partial charge in [0.15, 0.2) is 5.71 Å². The number of carboxylic acids is 1. The van der Waals surface area contributed by atoms with Crippen LogP contribution < -0.4 is 4.90 Å². The molecule has 2 aliphatic rings. The summed E-state index contributed by atoms with van der Waals surface area (Å²) in [5.74, 6) is -1.67. The van der Waals surface area contributed by atoms with E-state index < -0.39 is 92.7 Å². The first-order chi connectivity index (χ1) is 42.4. The maximum absolute atomic E-state index is 13.0. The molecule has 2 heterocycles. The van der Waals surface area contributed by atoms with Crippen LogP contribution >= 0.6 is 0 Å². The van der Waals surface area contributed by atoms with Crippen molar-refractivity contribution in [2.45, 2.75) is 89.2 Å². The third-order valence-electron chi connectivity index (χ3n) is 15.3. The molecule has 500 valence electrons. The van der Waals surface area contributed by atoms with Crippen LogP contribution in [0.15, 0.2) is 104 Å². The highest BCUT2D eigenvalue weighted by molar-refractivity contribution is 7.87. The van der Waals surface area contributed by atoms with Crippen molar-refractivity contribution in [1.82, 2.24) is 0 Å². The third kappa shape index (κ3) is 19.7. The van der Waals surface area contributed by atoms with Crippen LogP contribution in [0.5, 0.6) is 0 Å². The molecule has 6 rings (SSSR count). The summed E-state index contributed by atoms with van der Waals surface area (Å²) in [5.41, 5.74) is 0.0510. The number of allylic oxidation sites excluding steroid dienone is 6. The first-order valence-electron chi connectivity index (χ1n) is 28.6. The van der Waals surface area contributed by atoms with Gasteiger partial charge >= 0.3 is 5.97 Å². The number of rotatable bonds is 41. The molecule has 2 unspecified atom stereocenters. The average molecular weight is 1360 g/mol. The van der Waals surface area contributed by atoms with Gasteiger partial charge in [-0.15, -0.1) is 0 Å². The SMILES string of the molecule is COCCOCCOCCOCCC1(C)C(/C=C/C=C/C=C2/N(CCCCCC(=O)O)c3ccc4c(S(=O)(=O)O)cc(S(=O)(=O)O)cc4c3C2(C)CCOCCOCCOCCOC)=[N+](CCCS(=O)(=O)O)c2ccc3c(S(=O)(=O)O)cc(S(=O)(=O)O)cc3c21. The van der Waals surface area contributed by atoms with Gasteiger partial charge in [-0.1, -0.05) is 30.7 Å². The lowest BCUT2D eigenvalue weighted by molar-refractivity contribution is -0.437. The summed E-state index contributed by atoms with van der Waals surface area (Å²) >= 11 is 0. The van der Waals surface area contributed by atoms with E-state index in [-0.39, 0.29) is 113 Å². The molecule has 27 nitrogen and oxygen atoms in total. The Morgan fingerprint density at radius 2 is 0.989 bits per heavy atom. The molecule has 0 saturated heterocycles. The Bertz CT molecular complexity index is 3910. The number of fused-ring (bicyclic) bond motifs is 6. The Kier molecular flexibility index (Phi) is 26.7. The van der Waals surface area contributed by atoms with Crippen molar-refractivity contribution >= 4 is 95.2 Å². The molecule has 0 fully saturated rings. The van der Waals surface area contributed by atoms with Crippen LogP contribution in [-0.2, 0) is 104 Å². The molecule has 2 aliphatic heterocycles. The maximum atomic E-state index is 13.0. The van der Waals surface area contributed by atoms with Gasteiger partial charge in [0, 0.05) is 92.1 Å². The summed E-state index contributed by atoms with van der Waals surface area (Å²) in [6.45, 7) is 7.08. The topological polar surface area (TPSA) is 389 Å². The smallest absolute Gasteiger partial charge is 0.303 e. The zero-order chi connectivity index (χ0) is 66.1. The van der Waals surface area contributed by atoms with Crippen LogP contribution in [0.4, 0.5) is 11.4 Å². The van der Waals surface area contributed by atoms with Gasteiger partial charge in [0.05, 0.1) is 100 Å². The van der Waals surface area contributed by atoms with Crippen LogP contribution in [0.1, 0.15) is 69.9 Å². The summed E-state index contributed by atoms with van der Waals surface area (Å²) in [6, 6.07) is 9.36. The number of methoxy groups -OCH3 is 2. The molecule has 90 heavy (non-hydrogen) atoms. The fourth-order valence-electron chi connectivity index (χ4n) is 11.1. The Hall–Kier alpha value is -5.21. The summed E-state index contributed by atoms with van der Waals surface area (Å²) in [5, 5.41) is 9.29. The van der Waals surface area contributed by atoms with Gasteiger partial charge < -0.3 is 47.9 Å². The van der Waals surface area contributed by atoms with E-state index >= 15 is 0 Å². The van der Waals surface area contributed by atoms with Crippen LogP contribution in [0.25, 0.3) is 21.5 Å². The molecule has 0 bridgehead atoms. The van der Waals surface area contributed by atoms with Crippen molar-refractivity contribution in [2.75, 3.05) is 130 Å². The van der Waals surface area contributed by atoms with Crippen molar-refractivity contribution in [3.63, 3.8) is 0 Å². The van der Waals surface area contributed by atoms with E-state index in [1.807, 2.05) is 11.8 Å². The van der Waals surface area contributed by atoms with Crippen molar-refractivity contribution in [1.29, 1.82) is 0 Å². The Morgan fingerprint density at radius 1 is 0.522 bits per heavy atom.